The molecular formula is C25H25ClFN3O5S. The maximum absolute atomic E-state index is 14.4. The number of likely N-dealkylation sites (tertiary alicyclic amines) is 1. The third kappa shape index (κ3) is 6.00. The van der Waals surface area contributed by atoms with Gasteiger partial charge in [-0.15, -0.1) is 0 Å². The van der Waals surface area contributed by atoms with Crippen molar-refractivity contribution in [2.45, 2.75) is 36.8 Å². The normalized spacial score (nSPS) is 15.9. The fraction of sp³-hybridized carbons (Fsp3) is 0.320. The molecule has 190 valence electrons. The molecule has 0 amide bonds. The van der Waals surface area contributed by atoms with Crippen molar-refractivity contribution in [2.75, 3.05) is 19.3 Å². The average Bonchev–Trinajstić information content (AvgIpc) is 2.85. The number of piperidine rings is 1. The van der Waals surface area contributed by atoms with Crippen LogP contribution in [-0.2, 0) is 14.6 Å². The fourth-order valence-corrected chi connectivity index (χ4v) is 4.76. The van der Waals surface area contributed by atoms with Crippen molar-refractivity contribution in [1.82, 2.24) is 14.9 Å². The van der Waals surface area contributed by atoms with E-state index in [0.717, 1.165) is 24.2 Å². The maximum atomic E-state index is 14.4. The Balaban J connectivity index is 1.41. The quantitative estimate of drug-likeness (QED) is 0.389. The lowest BCUT2D eigenvalue weighted by Gasteiger charge is -2.35. The molecule has 0 aliphatic carbocycles. The van der Waals surface area contributed by atoms with Crippen LogP contribution in [0.1, 0.15) is 30.0 Å². The number of hydrogen-bond acceptors (Lipinski definition) is 8. The number of halogens is 2. The summed E-state index contributed by atoms with van der Waals surface area (Å²) in [6.07, 6.45) is 4.42. The summed E-state index contributed by atoms with van der Waals surface area (Å²) in [5, 5.41) is 0.618. The number of sulfone groups is 1. The molecule has 1 aliphatic heterocycles. The minimum atomic E-state index is -3.54. The van der Waals surface area contributed by atoms with Crippen molar-refractivity contribution in [2.24, 2.45) is 0 Å². The van der Waals surface area contributed by atoms with Crippen molar-refractivity contribution >= 4 is 27.7 Å². The summed E-state index contributed by atoms with van der Waals surface area (Å²) in [6, 6.07) is 10.3. The van der Waals surface area contributed by atoms with Gasteiger partial charge in [-0.05, 0) is 55.7 Å². The number of nitrogens with zero attached hydrogens (tertiary/aromatic N) is 3. The van der Waals surface area contributed by atoms with Crippen LogP contribution >= 0.6 is 11.6 Å². The zero-order chi connectivity index (χ0) is 25.9. The van der Waals surface area contributed by atoms with Crippen LogP contribution in [0.15, 0.2) is 53.7 Å². The van der Waals surface area contributed by atoms with E-state index in [9.17, 15) is 17.6 Å². The standard InChI is InChI=1S/C25H25ClFN3O5S/c1-16-24(28-15-29-25(16)35-23-8-7-20(13-21(23)27)36(2,32)33)34-19-9-11-30(12-10-19)22(14-31)17-3-5-18(26)6-4-17/h3-8,13-15,19,22H,9-12H2,1-2H3. The minimum Gasteiger partial charge on any atom is -0.474 e. The second-order valence-corrected chi connectivity index (χ2v) is 11.0. The van der Waals surface area contributed by atoms with Crippen molar-refractivity contribution in [3.8, 4) is 17.5 Å². The molecule has 1 saturated heterocycles. The Bertz CT molecular complexity index is 1350. The molecule has 36 heavy (non-hydrogen) atoms. The van der Waals surface area contributed by atoms with E-state index in [1.54, 1.807) is 19.1 Å². The summed E-state index contributed by atoms with van der Waals surface area (Å²) < 4.78 is 49.4. The number of hydrogen-bond donors (Lipinski definition) is 0. The number of carbonyl (C=O) groups is 1. The molecule has 2 heterocycles. The summed E-state index contributed by atoms with van der Waals surface area (Å²) in [7, 11) is -3.54. The van der Waals surface area contributed by atoms with Gasteiger partial charge in [0.1, 0.15) is 18.7 Å². The van der Waals surface area contributed by atoms with Crippen LogP contribution in [0.5, 0.6) is 17.5 Å². The molecule has 1 fully saturated rings. The molecule has 0 spiro atoms. The monoisotopic (exact) mass is 533 g/mol. The summed E-state index contributed by atoms with van der Waals surface area (Å²) in [6.45, 7) is 3.01. The third-order valence-electron chi connectivity index (χ3n) is 6.02. The minimum absolute atomic E-state index is 0.104. The van der Waals surface area contributed by atoms with Crippen LogP contribution in [0.4, 0.5) is 4.39 Å². The lowest BCUT2D eigenvalue weighted by molar-refractivity contribution is -0.113. The second-order valence-electron chi connectivity index (χ2n) is 8.56. The van der Waals surface area contributed by atoms with Gasteiger partial charge in [-0.1, -0.05) is 23.7 Å². The number of aromatic nitrogens is 2. The van der Waals surface area contributed by atoms with Crippen LogP contribution in [0.3, 0.4) is 0 Å². The van der Waals surface area contributed by atoms with Crippen molar-refractivity contribution < 1.29 is 27.1 Å². The highest BCUT2D eigenvalue weighted by Crippen LogP contribution is 2.32. The van der Waals surface area contributed by atoms with Crippen molar-refractivity contribution in [3.05, 3.63) is 70.8 Å². The Morgan fingerprint density at radius 1 is 1.11 bits per heavy atom. The number of benzene rings is 2. The molecule has 4 rings (SSSR count). The van der Waals surface area contributed by atoms with Gasteiger partial charge >= 0.3 is 0 Å². The summed E-state index contributed by atoms with van der Waals surface area (Å²) in [5.74, 6) is -0.565. The van der Waals surface area contributed by atoms with Crippen LogP contribution in [0, 0.1) is 12.7 Å². The SMILES string of the molecule is Cc1c(Oc2ccc(S(C)(=O)=O)cc2F)ncnc1OC1CCN(C(C=O)c2ccc(Cl)cc2)CC1. The topological polar surface area (TPSA) is 98.7 Å². The summed E-state index contributed by atoms with van der Waals surface area (Å²) >= 11 is 5.96. The first-order valence-corrected chi connectivity index (χ1v) is 13.5. The predicted molar refractivity (Wildman–Crippen MR) is 132 cm³/mol. The van der Waals surface area contributed by atoms with Gasteiger partial charge < -0.3 is 14.3 Å². The first-order chi connectivity index (χ1) is 17.2. The van der Waals surface area contributed by atoms with E-state index in [1.807, 2.05) is 12.1 Å². The highest BCUT2D eigenvalue weighted by molar-refractivity contribution is 7.90. The molecule has 1 unspecified atom stereocenters. The molecule has 1 atom stereocenters. The van der Waals surface area contributed by atoms with Crippen LogP contribution < -0.4 is 9.47 Å². The van der Waals surface area contributed by atoms with Crippen LogP contribution in [-0.4, -0.2) is 55.0 Å². The van der Waals surface area contributed by atoms with E-state index >= 15 is 0 Å². The summed E-state index contributed by atoms with van der Waals surface area (Å²) in [4.78, 5) is 22.0. The van der Waals surface area contributed by atoms with Gasteiger partial charge in [0, 0.05) is 24.4 Å². The molecule has 3 aromatic rings. The van der Waals surface area contributed by atoms with Gasteiger partial charge in [-0.2, -0.15) is 0 Å². The van der Waals surface area contributed by atoms with Crippen LogP contribution in [0.2, 0.25) is 5.02 Å². The molecule has 0 radical (unpaired) electrons. The number of carbonyl (C=O) groups excluding carboxylic acids is 1. The smallest absolute Gasteiger partial charge is 0.229 e. The first kappa shape index (κ1) is 26.0. The zero-order valence-electron chi connectivity index (χ0n) is 19.7. The highest BCUT2D eigenvalue weighted by atomic mass is 35.5. The van der Waals surface area contributed by atoms with Gasteiger partial charge in [-0.3, -0.25) is 4.90 Å². The molecular weight excluding hydrogens is 509 g/mol. The Kier molecular flexibility index (Phi) is 7.87. The molecule has 1 aromatic heterocycles. The molecule has 0 bridgehead atoms. The van der Waals surface area contributed by atoms with E-state index < -0.39 is 15.7 Å². The summed E-state index contributed by atoms with van der Waals surface area (Å²) in [5.41, 5.74) is 1.37. The van der Waals surface area contributed by atoms with E-state index in [1.165, 1.54) is 18.5 Å². The maximum Gasteiger partial charge on any atom is 0.229 e. The van der Waals surface area contributed by atoms with Crippen molar-refractivity contribution in [3.63, 3.8) is 0 Å². The zero-order valence-corrected chi connectivity index (χ0v) is 21.3. The second kappa shape index (κ2) is 10.9. The van der Waals surface area contributed by atoms with Gasteiger partial charge in [-0.25, -0.2) is 22.8 Å². The lowest BCUT2D eigenvalue weighted by Crippen LogP contribution is -2.41. The highest BCUT2D eigenvalue weighted by Gasteiger charge is 2.28. The van der Waals surface area contributed by atoms with E-state index in [2.05, 4.69) is 14.9 Å². The van der Waals surface area contributed by atoms with Gasteiger partial charge in [0.2, 0.25) is 11.8 Å². The first-order valence-electron chi connectivity index (χ1n) is 11.3. The Labute approximate surface area is 214 Å². The lowest BCUT2D eigenvalue weighted by atomic mass is 10.0. The van der Waals surface area contributed by atoms with E-state index in [4.69, 9.17) is 21.1 Å². The number of aldehydes is 1. The molecule has 0 saturated carbocycles. The molecule has 11 heteroatoms. The predicted octanol–water partition coefficient (Wildman–Crippen LogP) is 4.56. The van der Waals surface area contributed by atoms with E-state index in [-0.39, 0.29) is 28.7 Å². The molecule has 2 aromatic carbocycles. The van der Waals surface area contributed by atoms with Gasteiger partial charge in [0.15, 0.2) is 21.4 Å². The Morgan fingerprint density at radius 3 is 2.39 bits per heavy atom. The van der Waals surface area contributed by atoms with E-state index in [0.29, 0.717) is 42.4 Å². The average molecular weight is 534 g/mol. The molecule has 1 aliphatic rings. The molecule has 8 nitrogen and oxygen atoms in total. The fourth-order valence-electron chi connectivity index (χ4n) is 4.00. The number of rotatable bonds is 8. The van der Waals surface area contributed by atoms with Gasteiger partial charge in [0.25, 0.3) is 0 Å². The molecule has 0 N–H and O–H groups in total. The van der Waals surface area contributed by atoms with Gasteiger partial charge in [0.05, 0.1) is 16.5 Å². The largest absolute Gasteiger partial charge is 0.474 e. The Hall–Kier alpha value is -3.08. The third-order valence-corrected chi connectivity index (χ3v) is 7.38. The van der Waals surface area contributed by atoms with Crippen molar-refractivity contribution in [1.29, 1.82) is 0 Å². The van der Waals surface area contributed by atoms with Crippen LogP contribution in [0.25, 0.3) is 0 Å². The number of ether oxygens (including phenoxy) is 2. The Morgan fingerprint density at radius 2 is 1.78 bits per heavy atom.